The summed E-state index contributed by atoms with van der Waals surface area (Å²) in [5.74, 6) is 3.65. The molecule has 1 N–H and O–H groups in total. The SMILES string of the molecule is CCNC(Cc1ncnn1C)C1SCCSC1CC. The van der Waals surface area contributed by atoms with E-state index in [2.05, 4.69) is 52.8 Å². The first-order valence-corrected chi connectivity index (χ1v) is 9.15. The molecule has 2 heterocycles. The van der Waals surface area contributed by atoms with Gasteiger partial charge in [-0.25, -0.2) is 4.98 Å². The van der Waals surface area contributed by atoms with Crippen LogP contribution in [0.15, 0.2) is 6.33 Å². The van der Waals surface area contributed by atoms with E-state index in [1.807, 2.05) is 11.7 Å². The molecule has 1 fully saturated rings. The average molecular weight is 300 g/mol. The Morgan fingerprint density at radius 2 is 2.21 bits per heavy atom. The van der Waals surface area contributed by atoms with Gasteiger partial charge in [-0.05, 0) is 13.0 Å². The lowest BCUT2D eigenvalue weighted by molar-refractivity contribution is 0.473. The van der Waals surface area contributed by atoms with Crippen LogP contribution in [0.5, 0.6) is 0 Å². The molecule has 2 rings (SSSR count). The van der Waals surface area contributed by atoms with Crippen LogP contribution in [0.4, 0.5) is 0 Å². The van der Waals surface area contributed by atoms with E-state index >= 15 is 0 Å². The van der Waals surface area contributed by atoms with E-state index in [0.717, 1.165) is 24.0 Å². The second-order valence-electron chi connectivity index (χ2n) is 4.82. The fourth-order valence-corrected chi connectivity index (χ4v) is 5.84. The third-order valence-corrected chi connectivity index (χ3v) is 6.97. The summed E-state index contributed by atoms with van der Waals surface area (Å²) in [5.41, 5.74) is 0. The van der Waals surface area contributed by atoms with Crippen molar-refractivity contribution in [1.82, 2.24) is 20.1 Å². The number of thioether (sulfide) groups is 2. The molecule has 108 valence electrons. The first-order valence-electron chi connectivity index (χ1n) is 7.05. The monoisotopic (exact) mass is 300 g/mol. The van der Waals surface area contributed by atoms with E-state index in [1.165, 1.54) is 17.9 Å². The van der Waals surface area contributed by atoms with E-state index < -0.39 is 0 Å². The summed E-state index contributed by atoms with van der Waals surface area (Å²) in [4.78, 5) is 4.38. The lowest BCUT2D eigenvalue weighted by Crippen LogP contribution is -2.46. The van der Waals surface area contributed by atoms with Crippen LogP contribution in [0.2, 0.25) is 0 Å². The maximum Gasteiger partial charge on any atom is 0.138 e. The van der Waals surface area contributed by atoms with Gasteiger partial charge in [0.25, 0.3) is 0 Å². The summed E-state index contributed by atoms with van der Waals surface area (Å²) in [7, 11) is 1.98. The highest BCUT2D eigenvalue weighted by molar-refractivity contribution is 8.07. The standard InChI is InChI=1S/C13H24N4S2/c1-4-11-13(19-7-6-18-11)10(14-5-2)8-12-15-9-16-17(12)3/h9-11,13-14H,4-8H2,1-3H3. The highest BCUT2D eigenvalue weighted by Crippen LogP contribution is 2.35. The van der Waals surface area contributed by atoms with E-state index in [4.69, 9.17) is 0 Å². The molecule has 0 bridgehead atoms. The van der Waals surface area contributed by atoms with Gasteiger partial charge >= 0.3 is 0 Å². The summed E-state index contributed by atoms with van der Waals surface area (Å²) < 4.78 is 1.89. The number of nitrogens with zero attached hydrogens (tertiary/aromatic N) is 3. The van der Waals surface area contributed by atoms with Gasteiger partial charge in [0.1, 0.15) is 12.2 Å². The smallest absolute Gasteiger partial charge is 0.138 e. The largest absolute Gasteiger partial charge is 0.313 e. The minimum atomic E-state index is 0.496. The van der Waals surface area contributed by atoms with Crippen LogP contribution in [-0.2, 0) is 13.5 Å². The number of nitrogens with one attached hydrogen (secondary N) is 1. The Kier molecular flexibility index (Phi) is 6.04. The van der Waals surface area contributed by atoms with Gasteiger partial charge in [-0.1, -0.05) is 13.8 Å². The van der Waals surface area contributed by atoms with E-state index in [0.29, 0.717) is 11.3 Å². The van der Waals surface area contributed by atoms with Gasteiger partial charge < -0.3 is 5.32 Å². The van der Waals surface area contributed by atoms with Crippen LogP contribution >= 0.6 is 23.5 Å². The van der Waals surface area contributed by atoms with Gasteiger partial charge in [0.05, 0.1) is 0 Å². The summed E-state index contributed by atoms with van der Waals surface area (Å²) in [6.45, 7) is 5.51. The maximum atomic E-state index is 4.38. The number of hydrogen-bond acceptors (Lipinski definition) is 5. The number of hydrogen-bond donors (Lipinski definition) is 1. The fourth-order valence-electron chi connectivity index (χ4n) is 2.58. The topological polar surface area (TPSA) is 42.7 Å². The zero-order chi connectivity index (χ0) is 13.7. The number of aromatic nitrogens is 3. The van der Waals surface area contributed by atoms with Gasteiger partial charge in [0, 0.05) is 41.5 Å². The van der Waals surface area contributed by atoms with Crippen molar-refractivity contribution in [3.05, 3.63) is 12.2 Å². The van der Waals surface area contributed by atoms with Crippen LogP contribution in [0.25, 0.3) is 0 Å². The Balaban J connectivity index is 2.07. The number of aryl methyl sites for hydroxylation is 1. The molecule has 0 aromatic carbocycles. The highest BCUT2D eigenvalue weighted by atomic mass is 32.2. The van der Waals surface area contributed by atoms with E-state index in [1.54, 1.807) is 6.33 Å². The number of rotatable bonds is 6. The molecule has 1 aliphatic rings. The lowest BCUT2D eigenvalue weighted by atomic mass is 10.0. The predicted molar refractivity (Wildman–Crippen MR) is 85.0 cm³/mol. The molecule has 0 spiro atoms. The number of likely N-dealkylation sites (N-methyl/N-ethyl adjacent to an activating group) is 1. The minimum absolute atomic E-state index is 0.496. The zero-order valence-electron chi connectivity index (χ0n) is 12.0. The molecule has 1 aliphatic heterocycles. The van der Waals surface area contributed by atoms with E-state index in [9.17, 15) is 0 Å². The normalized spacial score (nSPS) is 25.4. The zero-order valence-corrected chi connectivity index (χ0v) is 13.6. The van der Waals surface area contributed by atoms with Crippen molar-refractivity contribution in [2.45, 2.75) is 43.2 Å². The predicted octanol–water partition coefficient (Wildman–Crippen LogP) is 1.96. The molecule has 1 aromatic rings. The summed E-state index contributed by atoms with van der Waals surface area (Å²) in [5, 5.41) is 9.29. The summed E-state index contributed by atoms with van der Waals surface area (Å²) in [6.07, 6.45) is 3.88. The maximum absolute atomic E-state index is 4.38. The van der Waals surface area contributed by atoms with Crippen molar-refractivity contribution in [2.75, 3.05) is 18.1 Å². The first-order chi connectivity index (χ1) is 9.26. The summed E-state index contributed by atoms with van der Waals surface area (Å²) >= 11 is 4.27. The fraction of sp³-hybridized carbons (Fsp3) is 0.846. The molecule has 0 aliphatic carbocycles. The summed E-state index contributed by atoms with van der Waals surface area (Å²) in [6, 6.07) is 0.496. The molecule has 3 unspecified atom stereocenters. The van der Waals surface area contributed by atoms with E-state index in [-0.39, 0.29) is 0 Å². The molecular weight excluding hydrogens is 276 g/mol. The van der Waals surface area contributed by atoms with Crippen LogP contribution in [0, 0.1) is 0 Å². The van der Waals surface area contributed by atoms with Crippen LogP contribution in [0.1, 0.15) is 26.1 Å². The molecule has 0 amide bonds. The van der Waals surface area contributed by atoms with Gasteiger partial charge in [-0.2, -0.15) is 28.6 Å². The molecule has 6 heteroatoms. The minimum Gasteiger partial charge on any atom is -0.313 e. The quantitative estimate of drug-likeness (QED) is 0.870. The second-order valence-corrected chi connectivity index (χ2v) is 7.45. The van der Waals surface area contributed by atoms with Crippen molar-refractivity contribution in [3.8, 4) is 0 Å². The van der Waals surface area contributed by atoms with Crippen molar-refractivity contribution in [3.63, 3.8) is 0 Å². The van der Waals surface area contributed by atoms with Crippen molar-refractivity contribution in [2.24, 2.45) is 7.05 Å². The third kappa shape index (κ3) is 3.89. The van der Waals surface area contributed by atoms with Crippen LogP contribution in [0.3, 0.4) is 0 Å². The Bertz CT molecular complexity index is 382. The van der Waals surface area contributed by atoms with Crippen molar-refractivity contribution >= 4 is 23.5 Å². The molecular formula is C13H24N4S2. The Morgan fingerprint density at radius 3 is 2.84 bits per heavy atom. The van der Waals surface area contributed by atoms with Gasteiger partial charge in [-0.3, -0.25) is 4.68 Å². The van der Waals surface area contributed by atoms with Gasteiger partial charge in [-0.15, -0.1) is 0 Å². The van der Waals surface area contributed by atoms with Gasteiger partial charge in [0.15, 0.2) is 0 Å². The first kappa shape index (κ1) is 15.2. The highest BCUT2D eigenvalue weighted by Gasteiger charge is 2.32. The lowest BCUT2D eigenvalue weighted by Gasteiger charge is -2.36. The van der Waals surface area contributed by atoms with Gasteiger partial charge in [0.2, 0.25) is 0 Å². The molecule has 0 saturated carbocycles. The van der Waals surface area contributed by atoms with Crippen molar-refractivity contribution in [1.29, 1.82) is 0 Å². The molecule has 0 radical (unpaired) electrons. The second kappa shape index (κ2) is 7.55. The molecule has 4 nitrogen and oxygen atoms in total. The third-order valence-electron chi connectivity index (χ3n) is 3.56. The average Bonchev–Trinajstić information content (AvgIpc) is 2.84. The van der Waals surface area contributed by atoms with Crippen molar-refractivity contribution < 1.29 is 0 Å². The molecule has 1 saturated heterocycles. The Hall–Kier alpha value is -0.200. The Morgan fingerprint density at radius 1 is 1.42 bits per heavy atom. The Labute approximate surface area is 124 Å². The van der Waals surface area contributed by atoms with Crippen LogP contribution < -0.4 is 5.32 Å². The molecule has 1 aromatic heterocycles. The molecule has 3 atom stereocenters. The molecule has 19 heavy (non-hydrogen) atoms. The van der Waals surface area contributed by atoms with Crippen LogP contribution in [-0.4, -0.2) is 49.4 Å².